The standard InChI is InChI=1S/C12H16FN5OS/c1-8(20(2)19)5-6-18-12(15-16-17-18)10-4-3-9(13)7-11(10)14/h3-4,7-8H,5-6,14H2,1-2H3. The van der Waals surface area contributed by atoms with Crippen LogP contribution in [0, 0.1) is 5.82 Å². The number of nitrogens with zero attached hydrogens (tertiary/aromatic N) is 4. The lowest BCUT2D eigenvalue weighted by Gasteiger charge is -2.10. The van der Waals surface area contributed by atoms with Gasteiger partial charge in [-0.2, -0.15) is 0 Å². The lowest BCUT2D eigenvalue weighted by atomic mass is 10.1. The molecule has 108 valence electrons. The zero-order valence-electron chi connectivity index (χ0n) is 11.3. The van der Waals surface area contributed by atoms with E-state index in [9.17, 15) is 8.60 Å². The van der Waals surface area contributed by atoms with Crippen LogP contribution < -0.4 is 5.73 Å². The van der Waals surface area contributed by atoms with Gasteiger partial charge in [0.25, 0.3) is 0 Å². The van der Waals surface area contributed by atoms with Gasteiger partial charge in [-0.3, -0.25) is 4.21 Å². The highest BCUT2D eigenvalue weighted by Crippen LogP contribution is 2.24. The fourth-order valence-electron chi connectivity index (χ4n) is 1.76. The van der Waals surface area contributed by atoms with E-state index in [0.717, 1.165) is 0 Å². The summed E-state index contributed by atoms with van der Waals surface area (Å²) in [5.74, 6) is 0.0804. The highest BCUT2D eigenvalue weighted by atomic mass is 32.2. The normalized spacial score (nSPS) is 14.2. The van der Waals surface area contributed by atoms with Crippen LogP contribution in [0.25, 0.3) is 11.4 Å². The minimum atomic E-state index is -0.887. The van der Waals surface area contributed by atoms with Crippen LogP contribution in [0.1, 0.15) is 13.3 Å². The second-order valence-electron chi connectivity index (χ2n) is 4.56. The van der Waals surface area contributed by atoms with Crippen molar-refractivity contribution in [1.29, 1.82) is 0 Å². The minimum Gasteiger partial charge on any atom is -0.398 e. The van der Waals surface area contributed by atoms with E-state index in [2.05, 4.69) is 15.5 Å². The average Bonchev–Trinajstić information content (AvgIpc) is 2.84. The van der Waals surface area contributed by atoms with Crippen molar-refractivity contribution in [1.82, 2.24) is 20.2 Å². The third-order valence-electron chi connectivity index (χ3n) is 3.10. The first-order valence-corrected chi connectivity index (χ1v) is 7.75. The first-order chi connectivity index (χ1) is 9.49. The molecule has 0 amide bonds. The van der Waals surface area contributed by atoms with Crippen LogP contribution >= 0.6 is 0 Å². The number of tetrazole rings is 1. The Hall–Kier alpha value is -1.83. The molecule has 0 saturated heterocycles. The summed E-state index contributed by atoms with van der Waals surface area (Å²) in [4.78, 5) is 0. The summed E-state index contributed by atoms with van der Waals surface area (Å²) in [5, 5.41) is 11.5. The second-order valence-corrected chi connectivity index (χ2v) is 6.36. The Balaban J connectivity index is 2.22. The van der Waals surface area contributed by atoms with Crippen LogP contribution in [0.2, 0.25) is 0 Å². The third-order valence-corrected chi connectivity index (χ3v) is 4.47. The average molecular weight is 297 g/mol. The minimum absolute atomic E-state index is 0.0533. The van der Waals surface area contributed by atoms with Crippen molar-refractivity contribution in [2.45, 2.75) is 25.1 Å². The van der Waals surface area contributed by atoms with Gasteiger partial charge in [0.05, 0.1) is 0 Å². The summed E-state index contributed by atoms with van der Waals surface area (Å²) >= 11 is 0. The van der Waals surface area contributed by atoms with Crippen molar-refractivity contribution >= 4 is 16.5 Å². The van der Waals surface area contributed by atoms with E-state index in [4.69, 9.17) is 5.73 Å². The quantitative estimate of drug-likeness (QED) is 0.838. The largest absolute Gasteiger partial charge is 0.398 e. The molecule has 6 nitrogen and oxygen atoms in total. The van der Waals surface area contributed by atoms with Crippen LogP contribution in [0.5, 0.6) is 0 Å². The molecule has 2 rings (SSSR count). The molecule has 2 aromatic rings. The number of hydrogen-bond acceptors (Lipinski definition) is 5. The molecule has 0 fully saturated rings. The van der Waals surface area contributed by atoms with Crippen LogP contribution in [-0.4, -0.2) is 35.9 Å². The van der Waals surface area contributed by atoms with Gasteiger partial charge in [0.15, 0.2) is 5.82 Å². The van der Waals surface area contributed by atoms with E-state index in [1.54, 1.807) is 17.0 Å². The fraction of sp³-hybridized carbons (Fsp3) is 0.417. The summed E-state index contributed by atoms with van der Waals surface area (Å²) in [6.07, 6.45) is 2.35. The predicted molar refractivity (Wildman–Crippen MR) is 75.8 cm³/mol. The van der Waals surface area contributed by atoms with E-state index in [0.29, 0.717) is 24.4 Å². The van der Waals surface area contributed by atoms with Gasteiger partial charge in [0.1, 0.15) is 5.82 Å². The highest BCUT2D eigenvalue weighted by molar-refractivity contribution is 7.84. The number of nitrogen functional groups attached to an aromatic ring is 1. The van der Waals surface area contributed by atoms with Crippen molar-refractivity contribution in [3.63, 3.8) is 0 Å². The van der Waals surface area contributed by atoms with E-state index in [-0.39, 0.29) is 10.9 Å². The van der Waals surface area contributed by atoms with Gasteiger partial charge >= 0.3 is 0 Å². The van der Waals surface area contributed by atoms with Crippen LogP contribution in [0.3, 0.4) is 0 Å². The first kappa shape index (κ1) is 14.6. The van der Waals surface area contributed by atoms with Gasteiger partial charge in [-0.15, -0.1) is 5.10 Å². The number of halogens is 1. The van der Waals surface area contributed by atoms with Crippen LogP contribution in [0.4, 0.5) is 10.1 Å². The zero-order valence-corrected chi connectivity index (χ0v) is 12.1. The molecule has 8 heteroatoms. The molecule has 0 bridgehead atoms. The van der Waals surface area contributed by atoms with Gasteiger partial charge in [-0.25, -0.2) is 9.07 Å². The molecule has 2 N–H and O–H groups in total. The molecular formula is C12H16FN5OS. The summed E-state index contributed by atoms with van der Waals surface area (Å²) in [5.41, 5.74) is 6.66. The van der Waals surface area contributed by atoms with E-state index in [1.165, 1.54) is 12.1 Å². The molecule has 1 aromatic heterocycles. The lowest BCUT2D eigenvalue weighted by Crippen LogP contribution is -2.14. The Morgan fingerprint density at radius 1 is 1.50 bits per heavy atom. The summed E-state index contributed by atoms with van der Waals surface area (Å²) < 4.78 is 26.0. The monoisotopic (exact) mass is 297 g/mol. The lowest BCUT2D eigenvalue weighted by molar-refractivity contribution is 0.556. The highest BCUT2D eigenvalue weighted by Gasteiger charge is 2.14. The number of hydrogen-bond donors (Lipinski definition) is 1. The molecule has 20 heavy (non-hydrogen) atoms. The summed E-state index contributed by atoms with van der Waals surface area (Å²) in [7, 11) is -0.887. The molecule has 1 aromatic carbocycles. The van der Waals surface area contributed by atoms with Crippen molar-refractivity contribution in [3.05, 3.63) is 24.0 Å². The van der Waals surface area contributed by atoms with Crippen molar-refractivity contribution in [2.75, 3.05) is 12.0 Å². The van der Waals surface area contributed by atoms with Crippen LogP contribution in [0.15, 0.2) is 18.2 Å². The number of nitrogens with two attached hydrogens (primary N) is 1. The van der Waals surface area contributed by atoms with E-state index < -0.39 is 16.6 Å². The molecule has 0 aliphatic rings. The predicted octanol–water partition coefficient (Wildman–Crippen LogP) is 1.22. The maximum Gasteiger partial charge on any atom is 0.184 e. The Labute approximate surface area is 118 Å². The Morgan fingerprint density at radius 3 is 2.90 bits per heavy atom. The molecule has 0 saturated carbocycles. The third kappa shape index (κ3) is 3.19. The second kappa shape index (κ2) is 6.08. The summed E-state index contributed by atoms with van der Waals surface area (Å²) in [6, 6.07) is 4.10. The van der Waals surface area contributed by atoms with Crippen molar-refractivity contribution < 1.29 is 8.60 Å². The molecule has 2 unspecified atom stereocenters. The number of benzene rings is 1. The van der Waals surface area contributed by atoms with Crippen LogP contribution in [-0.2, 0) is 17.3 Å². The Morgan fingerprint density at radius 2 is 2.25 bits per heavy atom. The Bertz CT molecular complexity index is 630. The molecule has 0 radical (unpaired) electrons. The SMILES string of the molecule is CC(CCn1nnnc1-c1ccc(F)cc1N)S(C)=O. The number of rotatable bonds is 5. The van der Waals surface area contributed by atoms with Gasteiger partial charge in [-0.05, 0) is 35.0 Å². The number of aromatic nitrogens is 4. The number of anilines is 1. The fourth-order valence-corrected chi connectivity index (χ4v) is 2.19. The molecule has 0 aliphatic heterocycles. The van der Waals surface area contributed by atoms with Crippen molar-refractivity contribution in [2.24, 2.45) is 0 Å². The van der Waals surface area contributed by atoms with Gasteiger partial charge in [0.2, 0.25) is 0 Å². The smallest absolute Gasteiger partial charge is 0.184 e. The molecule has 0 aliphatic carbocycles. The van der Waals surface area contributed by atoms with Crippen molar-refractivity contribution in [3.8, 4) is 11.4 Å². The molecule has 0 spiro atoms. The zero-order chi connectivity index (χ0) is 14.7. The van der Waals surface area contributed by atoms with E-state index in [1.807, 2.05) is 6.92 Å². The topological polar surface area (TPSA) is 86.7 Å². The van der Waals surface area contributed by atoms with E-state index >= 15 is 0 Å². The van der Waals surface area contributed by atoms with Gasteiger partial charge < -0.3 is 5.73 Å². The molecule has 1 heterocycles. The first-order valence-electron chi connectivity index (χ1n) is 6.13. The molecule has 2 atom stereocenters. The number of aryl methyl sites for hydroxylation is 1. The maximum atomic E-state index is 13.1. The molecular weight excluding hydrogens is 281 g/mol. The Kier molecular flexibility index (Phi) is 4.43. The van der Waals surface area contributed by atoms with Gasteiger partial charge in [-0.1, -0.05) is 6.92 Å². The maximum absolute atomic E-state index is 13.1. The summed E-state index contributed by atoms with van der Waals surface area (Å²) in [6.45, 7) is 2.44. The van der Waals surface area contributed by atoms with Gasteiger partial charge in [0, 0.05) is 40.1 Å².